The number of nitro benzene ring substituents is 1. The Bertz CT molecular complexity index is 1300. The third-order valence-electron chi connectivity index (χ3n) is 4.18. The van der Waals surface area contributed by atoms with Gasteiger partial charge in [0.25, 0.3) is 15.7 Å². The van der Waals surface area contributed by atoms with E-state index in [-0.39, 0.29) is 27.6 Å². The average molecular weight is 480 g/mol. The molecule has 0 saturated carbocycles. The number of nitro groups is 1. The first kappa shape index (κ1) is 23.5. The van der Waals surface area contributed by atoms with Crippen molar-refractivity contribution in [1.29, 1.82) is 0 Å². The number of carbonyl (C=O) groups excluding carboxylic acids is 1. The molecule has 2 amide bonds. The summed E-state index contributed by atoms with van der Waals surface area (Å²) in [4.78, 5) is 21.9. The van der Waals surface area contributed by atoms with Gasteiger partial charge in [-0.1, -0.05) is 12.1 Å². The molecule has 0 unspecified atom stereocenters. The van der Waals surface area contributed by atoms with Gasteiger partial charge in [-0.15, -0.1) is 0 Å². The number of sulfonamides is 1. The van der Waals surface area contributed by atoms with Crippen molar-refractivity contribution in [2.24, 2.45) is 0 Å². The Kier molecular flexibility index (Phi) is 6.53. The third-order valence-corrected chi connectivity index (χ3v) is 5.56. The van der Waals surface area contributed by atoms with Gasteiger partial charge in [0.2, 0.25) is 0 Å². The number of carbonyl (C=O) groups is 1. The molecule has 0 atom stereocenters. The molecule has 13 heteroatoms. The molecular formula is C20H15F3N4O5S. The molecule has 0 aliphatic rings. The zero-order valence-electron chi connectivity index (χ0n) is 16.5. The van der Waals surface area contributed by atoms with Crippen molar-refractivity contribution in [3.05, 3.63) is 88.5 Å². The van der Waals surface area contributed by atoms with Gasteiger partial charge in [-0.3, -0.25) is 14.8 Å². The van der Waals surface area contributed by atoms with Crippen LogP contribution in [0.25, 0.3) is 0 Å². The number of hydrogen-bond donors (Lipinski definition) is 3. The molecule has 0 aliphatic carbocycles. The maximum absolute atomic E-state index is 12.9. The second-order valence-corrected chi connectivity index (χ2v) is 8.28. The van der Waals surface area contributed by atoms with Crippen LogP contribution in [0.1, 0.15) is 5.56 Å². The Morgan fingerprint density at radius 2 is 1.45 bits per heavy atom. The summed E-state index contributed by atoms with van der Waals surface area (Å²) in [5, 5.41) is 15.5. The molecular weight excluding hydrogens is 465 g/mol. The van der Waals surface area contributed by atoms with Crippen LogP contribution in [-0.2, 0) is 16.2 Å². The molecule has 0 bridgehead atoms. The number of urea groups is 1. The van der Waals surface area contributed by atoms with Gasteiger partial charge in [0.05, 0.1) is 15.4 Å². The Morgan fingerprint density at radius 3 is 2.09 bits per heavy atom. The van der Waals surface area contributed by atoms with Gasteiger partial charge in [-0.2, -0.15) is 13.2 Å². The van der Waals surface area contributed by atoms with Gasteiger partial charge in [0.15, 0.2) is 0 Å². The molecule has 3 aromatic carbocycles. The summed E-state index contributed by atoms with van der Waals surface area (Å²) >= 11 is 0. The van der Waals surface area contributed by atoms with Crippen LogP contribution in [0, 0.1) is 10.1 Å². The summed E-state index contributed by atoms with van der Waals surface area (Å²) < 4.78 is 65.8. The predicted molar refractivity (Wildman–Crippen MR) is 114 cm³/mol. The molecule has 3 N–H and O–H groups in total. The number of rotatable bonds is 6. The molecule has 0 aliphatic heterocycles. The van der Waals surface area contributed by atoms with Gasteiger partial charge >= 0.3 is 12.2 Å². The van der Waals surface area contributed by atoms with Crippen molar-refractivity contribution < 1.29 is 31.3 Å². The summed E-state index contributed by atoms with van der Waals surface area (Å²) in [5.74, 6) is 0. The largest absolute Gasteiger partial charge is 0.416 e. The Balaban J connectivity index is 1.72. The minimum Gasteiger partial charge on any atom is -0.308 e. The van der Waals surface area contributed by atoms with E-state index in [1.165, 1.54) is 48.5 Å². The highest BCUT2D eigenvalue weighted by Crippen LogP contribution is 2.31. The van der Waals surface area contributed by atoms with Crippen LogP contribution in [0.2, 0.25) is 0 Å². The van der Waals surface area contributed by atoms with Crippen LogP contribution in [0.15, 0.2) is 77.7 Å². The van der Waals surface area contributed by atoms with E-state index in [0.717, 1.165) is 18.2 Å². The molecule has 9 nitrogen and oxygen atoms in total. The third kappa shape index (κ3) is 6.20. The quantitative estimate of drug-likeness (QED) is 0.335. The minimum atomic E-state index is -4.64. The van der Waals surface area contributed by atoms with Crippen molar-refractivity contribution in [3.8, 4) is 0 Å². The van der Waals surface area contributed by atoms with Crippen molar-refractivity contribution in [2.45, 2.75) is 11.1 Å². The van der Waals surface area contributed by atoms with E-state index in [0.29, 0.717) is 6.07 Å². The van der Waals surface area contributed by atoms with Gasteiger partial charge in [-0.25, -0.2) is 13.2 Å². The summed E-state index contributed by atoms with van der Waals surface area (Å²) in [7, 11) is -4.26. The highest BCUT2D eigenvalue weighted by molar-refractivity contribution is 7.92. The lowest BCUT2D eigenvalue weighted by atomic mass is 10.2. The molecule has 0 saturated heterocycles. The van der Waals surface area contributed by atoms with Crippen LogP contribution >= 0.6 is 0 Å². The van der Waals surface area contributed by atoms with Crippen LogP contribution < -0.4 is 15.4 Å². The molecule has 0 aromatic heterocycles. The number of hydrogen-bond acceptors (Lipinski definition) is 5. The maximum atomic E-state index is 12.9. The molecule has 3 aromatic rings. The number of non-ortho nitro benzene ring substituents is 1. The number of amides is 2. The van der Waals surface area contributed by atoms with Gasteiger partial charge in [0, 0.05) is 29.2 Å². The lowest BCUT2D eigenvalue weighted by Gasteiger charge is -2.12. The number of benzene rings is 3. The first-order chi connectivity index (χ1) is 15.4. The minimum absolute atomic E-state index is 0.0846. The molecule has 0 fully saturated rings. The lowest BCUT2D eigenvalue weighted by Crippen LogP contribution is -2.20. The topological polar surface area (TPSA) is 130 Å². The van der Waals surface area contributed by atoms with Crippen LogP contribution in [-0.4, -0.2) is 19.4 Å². The van der Waals surface area contributed by atoms with Gasteiger partial charge in [0.1, 0.15) is 0 Å². The number of halogens is 3. The SMILES string of the molecule is O=C(Nc1ccc([N+](=O)[O-])cc1)Nc1cccc(S(=O)(=O)Nc2cccc(C(F)(F)F)c2)c1. The zero-order chi connectivity index (χ0) is 24.2. The van der Waals surface area contributed by atoms with Crippen molar-refractivity contribution in [1.82, 2.24) is 0 Å². The Morgan fingerprint density at radius 1 is 0.848 bits per heavy atom. The highest BCUT2D eigenvalue weighted by Gasteiger charge is 2.30. The Hall–Kier alpha value is -4.13. The van der Waals surface area contributed by atoms with Crippen LogP contribution in [0.3, 0.4) is 0 Å². The van der Waals surface area contributed by atoms with Crippen molar-refractivity contribution in [3.63, 3.8) is 0 Å². The fraction of sp³-hybridized carbons (Fsp3) is 0.0500. The van der Waals surface area contributed by atoms with Crippen LogP contribution in [0.5, 0.6) is 0 Å². The molecule has 0 radical (unpaired) electrons. The monoisotopic (exact) mass is 480 g/mol. The number of nitrogens with zero attached hydrogens (tertiary/aromatic N) is 1. The molecule has 3 rings (SSSR count). The number of anilines is 3. The normalized spacial score (nSPS) is 11.5. The Labute approximate surface area is 185 Å². The molecule has 33 heavy (non-hydrogen) atoms. The smallest absolute Gasteiger partial charge is 0.308 e. The summed E-state index contributed by atoms with van der Waals surface area (Å²) in [6.07, 6.45) is -4.64. The fourth-order valence-corrected chi connectivity index (χ4v) is 3.77. The van der Waals surface area contributed by atoms with E-state index in [1.54, 1.807) is 0 Å². The molecule has 0 heterocycles. The van der Waals surface area contributed by atoms with E-state index >= 15 is 0 Å². The molecule has 0 spiro atoms. The maximum Gasteiger partial charge on any atom is 0.416 e. The number of alkyl halides is 3. The first-order valence-electron chi connectivity index (χ1n) is 9.07. The van der Waals surface area contributed by atoms with E-state index < -0.39 is 32.7 Å². The fourth-order valence-electron chi connectivity index (χ4n) is 2.67. The van der Waals surface area contributed by atoms with Gasteiger partial charge in [-0.05, 0) is 48.5 Å². The molecule has 172 valence electrons. The summed E-state index contributed by atoms with van der Waals surface area (Å²) in [6, 6.07) is 13.1. The average Bonchev–Trinajstić information content (AvgIpc) is 2.73. The summed E-state index contributed by atoms with van der Waals surface area (Å²) in [5.41, 5.74) is -1.11. The zero-order valence-corrected chi connectivity index (χ0v) is 17.3. The lowest BCUT2D eigenvalue weighted by molar-refractivity contribution is -0.384. The predicted octanol–water partition coefficient (Wildman–Crippen LogP) is 5.06. The first-order valence-corrected chi connectivity index (χ1v) is 10.5. The second-order valence-electron chi connectivity index (χ2n) is 6.60. The van der Waals surface area contributed by atoms with E-state index in [9.17, 15) is 36.5 Å². The van der Waals surface area contributed by atoms with Crippen molar-refractivity contribution in [2.75, 3.05) is 15.4 Å². The van der Waals surface area contributed by atoms with Crippen molar-refractivity contribution >= 4 is 38.8 Å². The van der Waals surface area contributed by atoms with Crippen LogP contribution in [0.4, 0.5) is 40.7 Å². The standard InChI is InChI=1S/C20H15F3N4O5S/c21-20(22,23)13-3-1-5-16(11-13)26-33(31,32)18-6-2-4-15(12-18)25-19(28)24-14-7-9-17(10-8-14)27(29)30/h1-12,26H,(H2,24,25,28). The highest BCUT2D eigenvalue weighted by atomic mass is 32.2. The second kappa shape index (κ2) is 9.16. The number of nitrogens with one attached hydrogen (secondary N) is 3. The van der Waals surface area contributed by atoms with E-state index in [2.05, 4.69) is 15.4 Å². The van der Waals surface area contributed by atoms with E-state index in [4.69, 9.17) is 0 Å². The van der Waals surface area contributed by atoms with Gasteiger partial charge < -0.3 is 10.6 Å². The van der Waals surface area contributed by atoms with E-state index in [1.807, 2.05) is 0 Å². The summed E-state index contributed by atoms with van der Waals surface area (Å²) in [6.45, 7) is 0.